The molecule has 0 aliphatic rings. The van der Waals surface area contributed by atoms with E-state index in [1.54, 1.807) is 0 Å². The molecule has 0 radical (unpaired) electrons. The number of hydrogen-bond acceptors (Lipinski definition) is 9. The van der Waals surface area contributed by atoms with Gasteiger partial charge in [-0.3, -0.25) is 23.4 Å². The van der Waals surface area contributed by atoms with E-state index >= 15 is 0 Å². The van der Waals surface area contributed by atoms with Crippen LogP contribution in [0.25, 0.3) is 0 Å². The van der Waals surface area contributed by atoms with Crippen LogP contribution in [-0.2, 0) is 37.5 Å². The Morgan fingerprint density at radius 2 is 0.898 bits per heavy atom. The zero-order valence-corrected chi connectivity index (χ0v) is 38.5. The number of phosphoric ester groups is 1. The lowest BCUT2D eigenvalue weighted by Crippen LogP contribution is -2.34. The van der Waals surface area contributed by atoms with Crippen molar-refractivity contribution in [3.63, 3.8) is 0 Å². The van der Waals surface area contributed by atoms with Gasteiger partial charge in [0, 0.05) is 12.8 Å². The van der Waals surface area contributed by atoms with Crippen LogP contribution in [-0.4, -0.2) is 59.9 Å². The van der Waals surface area contributed by atoms with Crippen molar-refractivity contribution in [2.45, 2.75) is 238 Å². The van der Waals surface area contributed by atoms with Crippen molar-refractivity contribution in [2.24, 2.45) is 5.73 Å². The Hall–Kier alpha value is -2.04. The van der Waals surface area contributed by atoms with Crippen molar-refractivity contribution >= 4 is 25.7 Å². The van der Waals surface area contributed by atoms with Gasteiger partial charge in [-0.25, -0.2) is 4.57 Å². The molecule has 0 aromatic carbocycles. The predicted molar refractivity (Wildman–Crippen MR) is 240 cm³/mol. The van der Waals surface area contributed by atoms with E-state index in [9.17, 15) is 23.8 Å². The SMILES string of the molecule is CCCCC/C=C/C/C=C/CCCCCCCCCCCC(=O)O[C@H](COC(=O)CCCCCCCCCCCCCCCCCC)COP(=O)(O)OC[C@H](N)C(=O)O. The fourth-order valence-corrected chi connectivity index (χ4v) is 7.46. The molecule has 0 aliphatic heterocycles. The van der Waals surface area contributed by atoms with Gasteiger partial charge in [-0.2, -0.15) is 0 Å². The smallest absolute Gasteiger partial charge is 0.472 e. The molecular formula is C47H88NO10P. The summed E-state index contributed by atoms with van der Waals surface area (Å²) in [5.41, 5.74) is 5.34. The van der Waals surface area contributed by atoms with Gasteiger partial charge in [0.25, 0.3) is 0 Å². The summed E-state index contributed by atoms with van der Waals surface area (Å²) in [6.45, 7) is 2.81. The van der Waals surface area contributed by atoms with Crippen LogP contribution in [0.4, 0.5) is 0 Å². The highest BCUT2D eigenvalue weighted by Gasteiger charge is 2.28. The first kappa shape index (κ1) is 57.0. The Labute approximate surface area is 360 Å². The van der Waals surface area contributed by atoms with Gasteiger partial charge in [-0.05, 0) is 44.9 Å². The molecule has 12 heteroatoms. The maximum absolute atomic E-state index is 12.7. The average molecular weight is 858 g/mol. The van der Waals surface area contributed by atoms with E-state index in [1.165, 1.54) is 135 Å². The molecule has 4 N–H and O–H groups in total. The number of esters is 2. The van der Waals surface area contributed by atoms with Crippen LogP contribution >= 0.6 is 7.82 Å². The number of unbranched alkanes of at least 4 members (excludes halogenated alkanes) is 27. The predicted octanol–water partition coefficient (Wildman–Crippen LogP) is 13.0. The second kappa shape index (κ2) is 42.6. The molecule has 0 rings (SSSR count). The highest BCUT2D eigenvalue weighted by molar-refractivity contribution is 7.47. The maximum atomic E-state index is 12.7. The van der Waals surface area contributed by atoms with Gasteiger partial charge in [-0.1, -0.05) is 192 Å². The maximum Gasteiger partial charge on any atom is 0.472 e. The van der Waals surface area contributed by atoms with Crippen molar-refractivity contribution in [1.82, 2.24) is 0 Å². The second-order valence-electron chi connectivity index (χ2n) is 16.2. The summed E-state index contributed by atoms with van der Waals surface area (Å²) in [6.07, 6.45) is 45.2. The summed E-state index contributed by atoms with van der Waals surface area (Å²) in [4.78, 5) is 46.1. The van der Waals surface area contributed by atoms with Crippen LogP contribution in [0.2, 0.25) is 0 Å². The fraction of sp³-hybridized carbons (Fsp3) is 0.851. The molecule has 0 saturated carbocycles. The third-order valence-corrected chi connectivity index (χ3v) is 11.4. The van der Waals surface area contributed by atoms with E-state index in [0.717, 1.165) is 51.4 Å². The molecule has 3 atom stereocenters. The molecule has 0 aromatic heterocycles. The average Bonchev–Trinajstić information content (AvgIpc) is 3.21. The lowest BCUT2D eigenvalue weighted by Gasteiger charge is -2.20. The number of hydrogen-bond donors (Lipinski definition) is 3. The number of allylic oxidation sites excluding steroid dienone is 4. The lowest BCUT2D eigenvalue weighted by atomic mass is 10.0. The summed E-state index contributed by atoms with van der Waals surface area (Å²) in [5.74, 6) is -2.37. The number of phosphoric acid groups is 1. The molecule has 0 aliphatic carbocycles. The first-order valence-electron chi connectivity index (χ1n) is 23.9. The summed E-state index contributed by atoms with van der Waals surface area (Å²) in [6, 6.07) is -1.52. The zero-order chi connectivity index (χ0) is 43.5. The van der Waals surface area contributed by atoms with Crippen LogP contribution in [0.15, 0.2) is 24.3 Å². The Balaban J connectivity index is 4.28. The Morgan fingerprint density at radius 1 is 0.525 bits per heavy atom. The van der Waals surface area contributed by atoms with Crippen LogP contribution in [0.3, 0.4) is 0 Å². The second-order valence-corrected chi connectivity index (χ2v) is 17.7. The quantitative estimate of drug-likeness (QED) is 0.0230. The van der Waals surface area contributed by atoms with Gasteiger partial charge in [0.05, 0.1) is 13.2 Å². The lowest BCUT2D eigenvalue weighted by molar-refractivity contribution is -0.161. The number of nitrogens with two attached hydrogens (primary N) is 1. The fourth-order valence-electron chi connectivity index (χ4n) is 6.68. The molecule has 11 nitrogen and oxygen atoms in total. The molecular weight excluding hydrogens is 769 g/mol. The molecule has 346 valence electrons. The largest absolute Gasteiger partial charge is 0.480 e. The molecule has 0 aromatic rings. The van der Waals surface area contributed by atoms with Gasteiger partial charge in [0.1, 0.15) is 12.6 Å². The van der Waals surface area contributed by atoms with E-state index < -0.39 is 51.1 Å². The summed E-state index contributed by atoms with van der Waals surface area (Å²) >= 11 is 0. The monoisotopic (exact) mass is 858 g/mol. The van der Waals surface area contributed by atoms with Crippen molar-refractivity contribution in [2.75, 3.05) is 19.8 Å². The summed E-state index contributed by atoms with van der Waals surface area (Å²) < 4.78 is 32.8. The third-order valence-electron chi connectivity index (χ3n) is 10.5. The molecule has 0 saturated heterocycles. The first-order chi connectivity index (χ1) is 28.6. The minimum absolute atomic E-state index is 0.159. The van der Waals surface area contributed by atoms with Gasteiger partial charge in [0.2, 0.25) is 0 Å². The van der Waals surface area contributed by atoms with E-state index in [0.29, 0.717) is 12.8 Å². The normalized spacial score (nSPS) is 13.8. The van der Waals surface area contributed by atoms with Crippen LogP contribution in [0, 0.1) is 0 Å². The van der Waals surface area contributed by atoms with Crippen molar-refractivity contribution < 1.29 is 47.5 Å². The van der Waals surface area contributed by atoms with Crippen LogP contribution in [0.1, 0.15) is 226 Å². The zero-order valence-electron chi connectivity index (χ0n) is 37.6. The molecule has 59 heavy (non-hydrogen) atoms. The Kier molecular flexibility index (Phi) is 41.2. The summed E-state index contributed by atoms with van der Waals surface area (Å²) in [7, 11) is -4.72. The molecule has 0 spiro atoms. The molecule has 0 heterocycles. The number of carbonyl (C=O) groups excluding carboxylic acids is 2. The van der Waals surface area contributed by atoms with Crippen LogP contribution in [0.5, 0.6) is 0 Å². The molecule has 0 amide bonds. The summed E-state index contributed by atoms with van der Waals surface area (Å²) in [5, 5.41) is 8.90. The van der Waals surface area contributed by atoms with E-state index in [1.807, 2.05) is 0 Å². The molecule has 0 bridgehead atoms. The number of carboxylic acid groups (broad SMARTS) is 1. The van der Waals surface area contributed by atoms with E-state index in [-0.39, 0.29) is 19.4 Å². The van der Waals surface area contributed by atoms with Crippen molar-refractivity contribution in [1.29, 1.82) is 0 Å². The highest BCUT2D eigenvalue weighted by atomic mass is 31.2. The van der Waals surface area contributed by atoms with Gasteiger partial charge < -0.3 is 25.2 Å². The minimum Gasteiger partial charge on any atom is -0.480 e. The first-order valence-corrected chi connectivity index (χ1v) is 25.4. The van der Waals surface area contributed by atoms with Crippen molar-refractivity contribution in [3.05, 3.63) is 24.3 Å². The number of carbonyl (C=O) groups is 3. The molecule has 1 unspecified atom stereocenters. The Morgan fingerprint density at radius 3 is 1.36 bits per heavy atom. The number of ether oxygens (including phenoxy) is 2. The van der Waals surface area contributed by atoms with Crippen LogP contribution < -0.4 is 5.73 Å². The van der Waals surface area contributed by atoms with E-state index in [4.69, 9.17) is 24.8 Å². The number of aliphatic carboxylic acids is 1. The number of rotatable bonds is 45. The minimum atomic E-state index is -4.72. The Bertz CT molecular complexity index is 1100. The standard InChI is InChI=1S/C47H88NO10P/c1-3-5-7-9-11-13-15-17-19-21-22-23-25-27-29-31-33-35-37-39-46(50)58-43(41-56-59(53,54)57-42-44(48)47(51)52)40-55-45(49)38-36-34-32-30-28-26-24-20-18-16-14-12-10-8-6-4-2/h11,13,17,19,43-44H,3-10,12,14-16,18,20-42,48H2,1-2H3,(H,51,52)(H,53,54)/b13-11+,19-17+/t43-,44+/m1/s1. The van der Waals surface area contributed by atoms with Crippen molar-refractivity contribution in [3.8, 4) is 0 Å². The molecule has 0 fully saturated rings. The number of carboxylic acids is 1. The van der Waals surface area contributed by atoms with Gasteiger partial charge in [-0.15, -0.1) is 0 Å². The van der Waals surface area contributed by atoms with Gasteiger partial charge >= 0.3 is 25.7 Å². The van der Waals surface area contributed by atoms with E-state index in [2.05, 4.69) is 42.7 Å². The third kappa shape index (κ3) is 42.4. The van der Waals surface area contributed by atoms with Gasteiger partial charge in [0.15, 0.2) is 6.10 Å². The highest BCUT2D eigenvalue weighted by Crippen LogP contribution is 2.43. The topological polar surface area (TPSA) is 172 Å².